The lowest BCUT2D eigenvalue weighted by Gasteiger charge is -2.18. The van der Waals surface area contributed by atoms with Crippen molar-refractivity contribution in [2.24, 2.45) is 5.84 Å². The van der Waals surface area contributed by atoms with Gasteiger partial charge in [0.25, 0.3) is 0 Å². The number of benzene rings is 2. The van der Waals surface area contributed by atoms with Crippen LogP contribution in [0, 0.1) is 5.82 Å². The third kappa shape index (κ3) is 3.45. The molecular weight excluding hydrogens is 286 g/mol. The van der Waals surface area contributed by atoms with Crippen molar-refractivity contribution in [2.45, 2.75) is 12.5 Å². The first-order chi connectivity index (χ1) is 9.11. The van der Waals surface area contributed by atoms with Crippen LogP contribution in [-0.2, 0) is 6.42 Å². The molecule has 1 unspecified atom stereocenters. The summed E-state index contributed by atoms with van der Waals surface area (Å²) >= 11 is 12.0. The molecule has 1 atom stereocenters. The molecule has 0 saturated carbocycles. The fourth-order valence-corrected chi connectivity index (χ4v) is 2.32. The predicted octanol–water partition coefficient (Wildman–Crippen LogP) is 3.88. The Labute approximate surface area is 121 Å². The third-order valence-corrected chi connectivity index (χ3v) is 3.52. The van der Waals surface area contributed by atoms with E-state index in [4.69, 9.17) is 29.0 Å². The monoisotopic (exact) mass is 298 g/mol. The number of hydrogen-bond donors (Lipinski definition) is 2. The van der Waals surface area contributed by atoms with E-state index in [0.717, 1.165) is 5.56 Å². The van der Waals surface area contributed by atoms with Crippen LogP contribution in [0.5, 0.6) is 0 Å². The van der Waals surface area contributed by atoms with Crippen molar-refractivity contribution in [3.63, 3.8) is 0 Å². The van der Waals surface area contributed by atoms with Crippen LogP contribution in [0.4, 0.5) is 4.39 Å². The zero-order valence-electron chi connectivity index (χ0n) is 10.0. The predicted molar refractivity (Wildman–Crippen MR) is 76.6 cm³/mol. The summed E-state index contributed by atoms with van der Waals surface area (Å²) in [5.41, 5.74) is 3.93. The van der Waals surface area contributed by atoms with Gasteiger partial charge in [0.1, 0.15) is 5.82 Å². The average molecular weight is 299 g/mol. The Morgan fingerprint density at radius 2 is 1.89 bits per heavy atom. The molecule has 0 aromatic heterocycles. The van der Waals surface area contributed by atoms with E-state index < -0.39 is 6.04 Å². The largest absolute Gasteiger partial charge is 0.271 e. The molecule has 0 aliphatic rings. The summed E-state index contributed by atoms with van der Waals surface area (Å²) in [5, 5.41) is 1.10. The number of rotatable bonds is 4. The van der Waals surface area contributed by atoms with Crippen LogP contribution in [0.25, 0.3) is 0 Å². The maximum absolute atomic E-state index is 13.8. The minimum atomic E-state index is -0.390. The van der Waals surface area contributed by atoms with Crippen LogP contribution in [-0.4, -0.2) is 0 Å². The van der Waals surface area contributed by atoms with E-state index in [1.165, 1.54) is 12.1 Å². The smallest absolute Gasteiger partial charge is 0.128 e. The van der Waals surface area contributed by atoms with Gasteiger partial charge in [-0.2, -0.15) is 0 Å². The Bertz CT molecular complexity index is 575. The molecule has 0 amide bonds. The Kier molecular flexibility index (Phi) is 4.77. The van der Waals surface area contributed by atoms with Gasteiger partial charge in [0.2, 0.25) is 0 Å². The Morgan fingerprint density at radius 3 is 2.58 bits per heavy atom. The molecule has 3 N–H and O–H groups in total. The fourth-order valence-electron chi connectivity index (χ4n) is 1.92. The zero-order valence-corrected chi connectivity index (χ0v) is 11.5. The Morgan fingerprint density at radius 1 is 1.16 bits per heavy atom. The quantitative estimate of drug-likeness (QED) is 0.664. The van der Waals surface area contributed by atoms with Gasteiger partial charge in [-0.25, -0.2) is 4.39 Å². The molecule has 0 aliphatic heterocycles. The second-order valence-corrected chi connectivity index (χ2v) is 5.02. The molecule has 0 bridgehead atoms. The first kappa shape index (κ1) is 14.3. The minimum absolute atomic E-state index is 0.348. The van der Waals surface area contributed by atoms with Gasteiger partial charge in [0.05, 0.1) is 6.04 Å². The molecule has 0 spiro atoms. The van der Waals surface area contributed by atoms with Crippen molar-refractivity contribution in [3.05, 3.63) is 69.5 Å². The zero-order chi connectivity index (χ0) is 13.8. The molecule has 100 valence electrons. The van der Waals surface area contributed by atoms with Crippen molar-refractivity contribution < 1.29 is 4.39 Å². The normalized spacial score (nSPS) is 12.4. The molecule has 5 heteroatoms. The highest BCUT2D eigenvalue weighted by Gasteiger charge is 2.16. The molecule has 0 radical (unpaired) electrons. The lowest BCUT2D eigenvalue weighted by Crippen LogP contribution is -2.30. The molecule has 0 fully saturated rings. The van der Waals surface area contributed by atoms with Gasteiger partial charge in [0, 0.05) is 15.6 Å². The van der Waals surface area contributed by atoms with Crippen LogP contribution in [0.15, 0.2) is 42.5 Å². The van der Waals surface area contributed by atoms with Gasteiger partial charge in [0.15, 0.2) is 0 Å². The summed E-state index contributed by atoms with van der Waals surface area (Å²) in [4.78, 5) is 0. The molecule has 0 aliphatic carbocycles. The van der Waals surface area contributed by atoms with Crippen molar-refractivity contribution >= 4 is 23.2 Å². The highest BCUT2D eigenvalue weighted by molar-refractivity contribution is 6.31. The van der Waals surface area contributed by atoms with Gasteiger partial charge in [-0.05, 0) is 36.2 Å². The maximum atomic E-state index is 13.8. The van der Waals surface area contributed by atoms with Crippen molar-refractivity contribution in [3.8, 4) is 0 Å². The number of nitrogens with one attached hydrogen (secondary N) is 1. The van der Waals surface area contributed by atoms with Crippen molar-refractivity contribution in [2.75, 3.05) is 0 Å². The van der Waals surface area contributed by atoms with E-state index in [-0.39, 0.29) is 5.82 Å². The topological polar surface area (TPSA) is 38.0 Å². The second-order valence-electron chi connectivity index (χ2n) is 4.18. The van der Waals surface area contributed by atoms with E-state index in [1.54, 1.807) is 12.1 Å². The van der Waals surface area contributed by atoms with Gasteiger partial charge >= 0.3 is 0 Å². The average Bonchev–Trinajstić information content (AvgIpc) is 2.41. The highest BCUT2D eigenvalue weighted by Crippen LogP contribution is 2.26. The van der Waals surface area contributed by atoms with E-state index in [0.29, 0.717) is 22.0 Å². The number of halogens is 3. The number of hydrogen-bond acceptors (Lipinski definition) is 2. The van der Waals surface area contributed by atoms with Crippen LogP contribution in [0.3, 0.4) is 0 Å². The van der Waals surface area contributed by atoms with E-state index in [2.05, 4.69) is 5.43 Å². The highest BCUT2D eigenvalue weighted by atomic mass is 35.5. The first-order valence-electron chi connectivity index (χ1n) is 5.76. The maximum Gasteiger partial charge on any atom is 0.128 e. The molecule has 0 heterocycles. The summed E-state index contributed by atoms with van der Waals surface area (Å²) in [5.74, 6) is 5.17. The van der Waals surface area contributed by atoms with E-state index in [1.807, 2.05) is 18.2 Å². The summed E-state index contributed by atoms with van der Waals surface area (Å²) in [6.07, 6.45) is 0.480. The minimum Gasteiger partial charge on any atom is -0.271 e. The third-order valence-electron chi connectivity index (χ3n) is 2.92. The standard InChI is InChI=1S/C14H13Cl2FN2/c15-10-5-6-13(17)11(8-10)14(19-18)7-9-3-1-2-4-12(9)16/h1-6,8,14,19H,7,18H2. The molecule has 2 rings (SSSR count). The van der Waals surface area contributed by atoms with Crippen LogP contribution in [0.2, 0.25) is 10.0 Å². The van der Waals surface area contributed by atoms with Crippen LogP contribution < -0.4 is 11.3 Å². The van der Waals surface area contributed by atoms with Crippen molar-refractivity contribution in [1.82, 2.24) is 5.43 Å². The molecule has 2 nitrogen and oxygen atoms in total. The summed E-state index contributed by atoms with van der Waals surface area (Å²) < 4.78 is 13.8. The lowest BCUT2D eigenvalue weighted by molar-refractivity contribution is 0.510. The molecule has 2 aromatic carbocycles. The molecule has 0 saturated heterocycles. The van der Waals surface area contributed by atoms with Gasteiger partial charge < -0.3 is 0 Å². The summed E-state index contributed by atoms with van der Waals surface area (Å²) in [6, 6.07) is 11.4. The summed E-state index contributed by atoms with van der Waals surface area (Å²) in [7, 11) is 0. The summed E-state index contributed by atoms with van der Waals surface area (Å²) in [6.45, 7) is 0. The SMILES string of the molecule is NNC(Cc1ccccc1Cl)c1cc(Cl)ccc1F. The number of hydrazine groups is 1. The van der Waals surface area contributed by atoms with E-state index in [9.17, 15) is 4.39 Å². The van der Waals surface area contributed by atoms with Crippen molar-refractivity contribution in [1.29, 1.82) is 0 Å². The molecule has 2 aromatic rings. The first-order valence-corrected chi connectivity index (χ1v) is 6.52. The Hall–Kier alpha value is -1.13. The fraction of sp³-hybridized carbons (Fsp3) is 0.143. The second kappa shape index (κ2) is 6.35. The lowest BCUT2D eigenvalue weighted by atomic mass is 9.99. The van der Waals surface area contributed by atoms with Crippen LogP contribution in [0.1, 0.15) is 17.2 Å². The Balaban J connectivity index is 2.30. The van der Waals surface area contributed by atoms with Gasteiger partial charge in [-0.3, -0.25) is 11.3 Å². The van der Waals surface area contributed by atoms with E-state index >= 15 is 0 Å². The molecule has 19 heavy (non-hydrogen) atoms. The van der Waals surface area contributed by atoms with Gasteiger partial charge in [-0.15, -0.1) is 0 Å². The van der Waals surface area contributed by atoms with Crippen LogP contribution >= 0.6 is 23.2 Å². The molecular formula is C14H13Cl2FN2. The number of nitrogens with two attached hydrogens (primary N) is 1. The van der Waals surface area contributed by atoms with Gasteiger partial charge in [-0.1, -0.05) is 41.4 Å².